The number of anilines is 2. The van der Waals surface area contributed by atoms with Gasteiger partial charge in [0.2, 0.25) is 11.8 Å². The SMILES string of the molecule is C=CCN1C(=O)C(CNc2ccc(Cc3ccc(NCC4SC(=S)N(CC=C)C4=O)cc3)cc2)SC1=S. The van der Waals surface area contributed by atoms with Crippen LogP contribution in [-0.4, -0.2) is 66.9 Å². The van der Waals surface area contributed by atoms with E-state index in [9.17, 15) is 9.59 Å². The summed E-state index contributed by atoms with van der Waals surface area (Å²) in [7, 11) is 0. The van der Waals surface area contributed by atoms with Crippen molar-refractivity contribution in [1.29, 1.82) is 0 Å². The molecule has 2 amide bonds. The van der Waals surface area contributed by atoms with Crippen molar-refractivity contribution < 1.29 is 9.59 Å². The average Bonchev–Trinajstić information content (AvgIpc) is 3.32. The van der Waals surface area contributed by atoms with Crippen molar-refractivity contribution in [3.8, 4) is 0 Å². The summed E-state index contributed by atoms with van der Waals surface area (Å²) in [5.41, 5.74) is 4.32. The summed E-state index contributed by atoms with van der Waals surface area (Å²) in [4.78, 5) is 28.2. The van der Waals surface area contributed by atoms with Crippen LogP contribution in [0.5, 0.6) is 0 Å². The van der Waals surface area contributed by atoms with Crippen LogP contribution in [0.2, 0.25) is 0 Å². The van der Waals surface area contributed by atoms with Crippen molar-refractivity contribution >= 4 is 79.8 Å². The molecule has 4 rings (SSSR count). The molecule has 2 atom stereocenters. The van der Waals surface area contributed by atoms with Crippen molar-refractivity contribution in [3.05, 3.63) is 85.0 Å². The highest BCUT2D eigenvalue weighted by molar-refractivity contribution is 8.24. The first-order chi connectivity index (χ1) is 17.9. The van der Waals surface area contributed by atoms with Gasteiger partial charge in [-0.25, -0.2) is 0 Å². The van der Waals surface area contributed by atoms with Crippen LogP contribution >= 0.6 is 48.0 Å². The molecule has 2 fully saturated rings. The number of thioether (sulfide) groups is 2. The van der Waals surface area contributed by atoms with E-state index in [4.69, 9.17) is 24.4 Å². The second kappa shape index (κ2) is 12.7. The van der Waals surface area contributed by atoms with Crippen LogP contribution in [0.15, 0.2) is 73.8 Å². The third-order valence-electron chi connectivity index (χ3n) is 5.93. The minimum Gasteiger partial charge on any atom is -0.383 e. The predicted molar refractivity (Wildman–Crippen MR) is 164 cm³/mol. The molecule has 6 nitrogen and oxygen atoms in total. The van der Waals surface area contributed by atoms with Gasteiger partial charge in [0.05, 0.1) is 0 Å². The Kier molecular flexibility index (Phi) is 9.42. The summed E-state index contributed by atoms with van der Waals surface area (Å²) >= 11 is 13.5. The van der Waals surface area contributed by atoms with Crippen LogP contribution < -0.4 is 10.6 Å². The maximum Gasteiger partial charge on any atom is 0.243 e. The van der Waals surface area contributed by atoms with Crippen LogP contribution in [0.1, 0.15) is 11.1 Å². The zero-order chi connectivity index (χ0) is 26.4. The third kappa shape index (κ3) is 6.81. The fourth-order valence-electron chi connectivity index (χ4n) is 3.98. The fraction of sp³-hybridized carbons (Fsp3) is 0.259. The van der Waals surface area contributed by atoms with Crippen molar-refractivity contribution in [2.45, 2.75) is 16.9 Å². The number of benzene rings is 2. The number of rotatable bonds is 12. The van der Waals surface area contributed by atoms with E-state index in [1.165, 1.54) is 34.7 Å². The van der Waals surface area contributed by atoms with Crippen molar-refractivity contribution in [3.63, 3.8) is 0 Å². The van der Waals surface area contributed by atoms with E-state index in [1.807, 2.05) is 24.3 Å². The monoisotopic (exact) mass is 568 g/mol. The molecule has 192 valence electrons. The molecule has 10 heteroatoms. The highest BCUT2D eigenvalue weighted by Gasteiger charge is 2.36. The van der Waals surface area contributed by atoms with E-state index >= 15 is 0 Å². The zero-order valence-electron chi connectivity index (χ0n) is 20.2. The van der Waals surface area contributed by atoms with E-state index in [2.05, 4.69) is 48.1 Å². The second-order valence-electron chi connectivity index (χ2n) is 8.55. The molecular weight excluding hydrogens is 541 g/mol. The number of hydrogen-bond donors (Lipinski definition) is 2. The molecule has 0 bridgehead atoms. The molecule has 2 N–H and O–H groups in total. The van der Waals surface area contributed by atoms with E-state index in [0.717, 1.165) is 17.8 Å². The fourth-order valence-corrected chi connectivity index (χ4v) is 6.87. The highest BCUT2D eigenvalue weighted by atomic mass is 32.2. The zero-order valence-corrected chi connectivity index (χ0v) is 23.5. The maximum absolute atomic E-state index is 12.5. The highest BCUT2D eigenvalue weighted by Crippen LogP contribution is 2.29. The lowest BCUT2D eigenvalue weighted by atomic mass is 10.0. The van der Waals surface area contributed by atoms with Gasteiger partial charge in [0.1, 0.15) is 19.1 Å². The molecule has 0 spiro atoms. The molecule has 2 aromatic carbocycles. The van der Waals surface area contributed by atoms with Crippen molar-refractivity contribution in [1.82, 2.24) is 9.80 Å². The topological polar surface area (TPSA) is 64.7 Å². The Bertz CT molecular complexity index is 1110. The Morgan fingerprint density at radius 3 is 1.46 bits per heavy atom. The number of nitrogens with zero attached hydrogens (tertiary/aromatic N) is 2. The number of carbonyl (C=O) groups is 2. The van der Waals surface area contributed by atoms with Crippen LogP contribution in [0.3, 0.4) is 0 Å². The lowest BCUT2D eigenvalue weighted by Gasteiger charge is -2.14. The Balaban J connectivity index is 1.24. The van der Waals surface area contributed by atoms with Gasteiger partial charge in [0.25, 0.3) is 0 Å². The molecule has 2 heterocycles. The first kappa shape index (κ1) is 27.4. The summed E-state index contributed by atoms with van der Waals surface area (Å²) in [6.07, 6.45) is 4.19. The van der Waals surface area contributed by atoms with Gasteiger partial charge in [-0.3, -0.25) is 19.4 Å². The molecule has 2 unspecified atom stereocenters. The Morgan fingerprint density at radius 2 is 1.11 bits per heavy atom. The number of hydrogen-bond acceptors (Lipinski definition) is 8. The quantitative estimate of drug-likeness (QED) is 0.276. The molecule has 0 aliphatic carbocycles. The van der Waals surface area contributed by atoms with Gasteiger partial charge in [-0.15, -0.1) is 13.2 Å². The molecule has 0 radical (unpaired) electrons. The molecule has 2 aromatic rings. The minimum absolute atomic E-state index is 0.0312. The lowest BCUT2D eigenvalue weighted by Crippen LogP contribution is -2.34. The Labute approximate surface area is 236 Å². The first-order valence-corrected chi connectivity index (χ1v) is 14.4. The second-order valence-corrected chi connectivity index (χ2v) is 12.2. The smallest absolute Gasteiger partial charge is 0.243 e. The van der Waals surface area contributed by atoms with Crippen molar-refractivity contribution in [2.24, 2.45) is 0 Å². The van der Waals surface area contributed by atoms with Gasteiger partial charge in [0.15, 0.2) is 0 Å². The summed E-state index contributed by atoms with van der Waals surface area (Å²) in [6.45, 7) is 9.33. The van der Waals surface area contributed by atoms with Gasteiger partial charge in [-0.1, -0.05) is 84.4 Å². The van der Waals surface area contributed by atoms with Gasteiger partial charge < -0.3 is 10.6 Å². The summed E-state index contributed by atoms with van der Waals surface area (Å²) in [5.74, 6) is 0.0624. The van der Waals surface area contributed by atoms with Crippen LogP contribution in [-0.2, 0) is 16.0 Å². The van der Waals surface area contributed by atoms with Crippen molar-refractivity contribution in [2.75, 3.05) is 36.8 Å². The van der Waals surface area contributed by atoms with E-state index in [0.29, 0.717) is 34.8 Å². The normalized spacial score (nSPS) is 19.5. The molecule has 2 saturated heterocycles. The molecule has 2 aliphatic rings. The first-order valence-electron chi connectivity index (χ1n) is 11.8. The minimum atomic E-state index is -0.215. The maximum atomic E-state index is 12.5. The Hall–Kier alpha value is -2.66. The van der Waals surface area contributed by atoms with E-state index < -0.39 is 0 Å². The number of thiocarbonyl (C=S) groups is 2. The number of amides is 2. The summed E-state index contributed by atoms with van der Waals surface area (Å²) < 4.78 is 1.22. The lowest BCUT2D eigenvalue weighted by molar-refractivity contribution is -0.126. The van der Waals surface area contributed by atoms with Crippen LogP contribution in [0, 0.1) is 0 Å². The number of carbonyl (C=O) groups excluding carboxylic acids is 2. The molecular formula is C27H28N4O2S4. The van der Waals surface area contributed by atoms with E-state index in [-0.39, 0.29) is 22.3 Å². The predicted octanol–water partition coefficient (Wildman–Crippen LogP) is 4.93. The average molecular weight is 569 g/mol. The summed E-state index contributed by atoms with van der Waals surface area (Å²) in [6, 6.07) is 16.5. The number of nitrogens with one attached hydrogen (secondary N) is 2. The standard InChI is InChI=1S/C27H28N4O2S4/c1-3-13-30-24(32)22(36-26(30)34)16-28-20-9-5-18(6-10-20)15-19-7-11-21(12-8-19)29-17-23-25(33)31(14-4-2)27(35)37-23/h3-12,22-23,28-29H,1-2,13-17H2. The van der Waals surface area contributed by atoms with Gasteiger partial charge >= 0.3 is 0 Å². The largest absolute Gasteiger partial charge is 0.383 e. The van der Waals surface area contributed by atoms with Gasteiger partial charge in [0, 0.05) is 37.6 Å². The summed E-state index contributed by atoms with van der Waals surface area (Å²) in [5, 5.41) is 6.26. The molecule has 2 aliphatic heterocycles. The third-order valence-corrected chi connectivity index (χ3v) is 9.10. The van der Waals surface area contributed by atoms with Gasteiger partial charge in [-0.05, 0) is 41.8 Å². The van der Waals surface area contributed by atoms with Crippen LogP contribution in [0.4, 0.5) is 11.4 Å². The molecule has 0 saturated carbocycles. The molecule has 0 aromatic heterocycles. The van der Waals surface area contributed by atoms with Gasteiger partial charge in [-0.2, -0.15) is 0 Å². The van der Waals surface area contributed by atoms with E-state index in [1.54, 1.807) is 22.0 Å². The Morgan fingerprint density at radius 1 is 0.730 bits per heavy atom. The van der Waals surface area contributed by atoms with Crippen LogP contribution in [0.25, 0.3) is 0 Å². The molecule has 37 heavy (non-hydrogen) atoms.